The number of hydrogen-bond donors (Lipinski definition) is 0. The fourth-order valence-corrected chi connectivity index (χ4v) is 4.99. The molecule has 5 nitrogen and oxygen atoms in total. The first-order valence-corrected chi connectivity index (χ1v) is 11.3. The van der Waals surface area contributed by atoms with Gasteiger partial charge in [-0.3, -0.25) is 0 Å². The highest BCUT2D eigenvalue weighted by molar-refractivity contribution is 5.90. The first kappa shape index (κ1) is 19.0. The van der Waals surface area contributed by atoms with Crippen molar-refractivity contribution in [1.29, 1.82) is 0 Å². The number of nitrogens with zero attached hydrogens (tertiary/aromatic N) is 4. The Morgan fingerprint density at radius 1 is 0.824 bits per heavy atom. The van der Waals surface area contributed by atoms with Crippen LogP contribution in [0.15, 0.2) is 97.3 Å². The zero-order valence-electron chi connectivity index (χ0n) is 18.5. The highest BCUT2D eigenvalue weighted by atomic mass is 16.5. The Kier molecular flexibility index (Phi) is 4.05. The molecule has 34 heavy (non-hydrogen) atoms. The van der Waals surface area contributed by atoms with Gasteiger partial charge in [0.1, 0.15) is 12.1 Å². The van der Waals surface area contributed by atoms with Gasteiger partial charge in [-0.05, 0) is 35.4 Å². The molecular weight excluding hydrogens is 420 g/mol. The molecule has 1 aliphatic rings. The molecule has 0 saturated heterocycles. The third-order valence-electron chi connectivity index (χ3n) is 6.51. The Labute approximate surface area is 196 Å². The summed E-state index contributed by atoms with van der Waals surface area (Å²) in [6.45, 7) is 2.07. The van der Waals surface area contributed by atoms with Gasteiger partial charge in [0.2, 0.25) is 5.88 Å². The van der Waals surface area contributed by atoms with E-state index in [9.17, 15) is 0 Å². The molecule has 4 aromatic carbocycles. The number of aromatic nitrogens is 4. The minimum absolute atomic E-state index is 0.0863. The summed E-state index contributed by atoms with van der Waals surface area (Å²) in [6.07, 6.45) is 1.69. The minimum atomic E-state index is -0.0863. The summed E-state index contributed by atoms with van der Waals surface area (Å²) < 4.78 is 8.16. The van der Waals surface area contributed by atoms with E-state index in [0.29, 0.717) is 11.7 Å². The molecule has 7 rings (SSSR count). The number of hydrogen-bond acceptors (Lipinski definition) is 4. The number of fused-ring (bicyclic) bond motifs is 6. The van der Waals surface area contributed by atoms with Crippen molar-refractivity contribution >= 4 is 16.4 Å². The maximum absolute atomic E-state index is 6.39. The Morgan fingerprint density at radius 3 is 2.56 bits per heavy atom. The maximum atomic E-state index is 6.39. The lowest BCUT2D eigenvalue weighted by Crippen LogP contribution is -2.15. The average molecular weight is 441 g/mol. The van der Waals surface area contributed by atoms with Crippen LogP contribution in [0, 0.1) is 6.92 Å². The predicted octanol–water partition coefficient (Wildman–Crippen LogP) is 6.54. The van der Waals surface area contributed by atoms with Crippen LogP contribution in [0.1, 0.15) is 28.2 Å². The molecule has 0 unspecified atom stereocenters. The number of aryl methyl sites for hydroxylation is 1. The number of benzene rings is 4. The van der Waals surface area contributed by atoms with E-state index in [2.05, 4.69) is 78.6 Å². The van der Waals surface area contributed by atoms with Crippen molar-refractivity contribution in [3.63, 3.8) is 0 Å². The standard InChI is InChI=1S/C29H20N4O/c1-18-8-7-12-21(16-18)27-31-28-26-24(20-10-3-2-4-11-20)25-22-13-6-5-9-19(22)14-15-23(25)34-29(26)30-17-33(28)32-27/h2-17,24H,1H3/t24-/m0/s1. The van der Waals surface area contributed by atoms with Crippen molar-refractivity contribution in [2.45, 2.75) is 12.8 Å². The van der Waals surface area contributed by atoms with Gasteiger partial charge in [-0.15, -0.1) is 5.10 Å². The van der Waals surface area contributed by atoms with E-state index in [-0.39, 0.29) is 5.92 Å². The first-order chi connectivity index (χ1) is 16.8. The van der Waals surface area contributed by atoms with Crippen LogP contribution in [0.2, 0.25) is 0 Å². The number of rotatable bonds is 2. The van der Waals surface area contributed by atoms with E-state index >= 15 is 0 Å². The van der Waals surface area contributed by atoms with Crippen molar-refractivity contribution in [2.75, 3.05) is 0 Å². The molecular formula is C29H20N4O. The Bertz CT molecular complexity index is 1700. The molecule has 0 radical (unpaired) electrons. The quantitative estimate of drug-likeness (QED) is 0.306. The molecule has 0 saturated carbocycles. The second-order valence-corrected chi connectivity index (χ2v) is 8.68. The lowest BCUT2D eigenvalue weighted by atomic mass is 9.81. The van der Waals surface area contributed by atoms with Crippen LogP contribution in [0.4, 0.5) is 0 Å². The summed E-state index contributed by atoms with van der Waals surface area (Å²) in [6, 6.07) is 31.3. The molecule has 3 heterocycles. The second kappa shape index (κ2) is 7.25. The molecule has 0 fully saturated rings. The monoisotopic (exact) mass is 440 g/mol. The summed E-state index contributed by atoms with van der Waals surface area (Å²) in [7, 11) is 0. The van der Waals surface area contributed by atoms with E-state index in [1.54, 1.807) is 10.8 Å². The SMILES string of the molecule is Cc1cccc(-c2nc3c4c(ncn3n2)Oc2ccc3ccccc3c2[C@@H]4c2ccccc2)c1. The van der Waals surface area contributed by atoms with E-state index < -0.39 is 0 Å². The lowest BCUT2D eigenvalue weighted by Gasteiger charge is -2.29. The zero-order valence-corrected chi connectivity index (χ0v) is 18.5. The smallest absolute Gasteiger partial charge is 0.228 e. The Balaban J connectivity index is 1.54. The Morgan fingerprint density at radius 2 is 1.68 bits per heavy atom. The van der Waals surface area contributed by atoms with Gasteiger partial charge in [0.25, 0.3) is 0 Å². The normalized spacial score (nSPS) is 14.6. The molecule has 0 amide bonds. The zero-order chi connectivity index (χ0) is 22.6. The van der Waals surface area contributed by atoms with Gasteiger partial charge in [0.15, 0.2) is 11.5 Å². The third-order valence-corrected chi connectivity index (χ3v) is 6.51. The largest absolute Gasteiger partial charge is 0.438 e. The van der Waals surface area contributed by atoms with E-state index in [1.807, 2.05) is 24.3 Å². The van der Waals surface area contributed by atoms with E-state index in [1.165, 1.54) is 21.9 Å². The summed E-state index contributed by atoms with van der Waals surface area (Å²) in [5.74, 6) is 1.99. The molecule has 0 aliphatic carbocycles. The van der Waals surface area contributed by atoms with Gasteiger partial charge in [-0.1, -0.05) is 84.4 Å². The van der Waals surface area contributed by atoms with Crippen LogP contribution in [-0.2, 0) is 0 Å². The van der Waals surface area contributed by atoms with E-state index in [0.717, 1.165) is 28.1 Å². The van der Waals surface area contributed by atoms with Crippen LogP contribution in [0.5, 0.6) is 11.6 Å². The van der Waals surface area contributed by atoms with Crippen molar-refractivity contribution in [2.24, 2.45) is 0 Å². The van der Waals surface area contributed by atoms with Crippen molar-refractivity contribution < 1.29 is 4.74 Å². The van der Waals surface area contributed by atoms with Gasteiger partial charge >= 0.3 is 0 Å². The van der Waals surface area contributed by atoms with Gasteiger partial charge in [-0.2, -0.15) is 0 Å². The van der Waals surface area contributed by atoms with Crippen molar-refractivity contribution in [1.82, 2.24) is 19.6 Å². The number of ether oxygens (including phenoxy) is 1. The molecule has 5 heteroatoms. The minimum Gasteiger partial charge on any atom is -0.438 e. The average Bonchev–Trinajstić information content (AvgIpc) is 3.33. The first-order valence-electron chi connectivity index (χ1n) is 11.3. The molecule has 0 N–H and O–H groups in total. The molecule has 0 spiro atoms. The highest BCUT2D eigenvalue weighted by Crippen LogP contribution is 2.50. The van der Waals surface area contributed by atoms with Crippen LogP contribution in [0.25, 0.3) is 27.8 Å². The summed E-state index contributed by atoms with van der Waals surface area (Å²) in [5, 5.41) is 7.11. The fraction of sp³-hybridized carbons (Fsp3) is 0.0690. The molecule has 6 aromatic rings. The van der Waals surface area contributed by atoms with Gasteiger partial charge < -0.3 is 4.74 Å². The third kappa shape index (κ3) is 2.83. The van der Waals surface area contributed by atoms with Gasteiger partial charge in [0.05, 0.1) is 5.56 Å². The van der Waals surface area contributed by atoms with Crippen LogP contribution in [-0.4, -0.2) is 19.6 Å². The highest BCUT2D eigenvalue weighted by Gasteiger charge is 2.34. The molecule has 1 aliphatic heterocycles. The summed E-state index contributed by atoms with van der Waals surface area (Å²) >= 11 is 0. The molecule has 1 atom stereocenters. The topological polar surface area (TPSA) is 52.3 Å². The van der Waals surface area contributed by atoms with Gasteiger partial charge in [0, 0.05) is 17.0 Å². The molecule has 2 aromatic heterocycles. The summed E-state index contributed by atoms with van der Waals surface area (Å²) in [5.41, 5.74) is 6.14. The van der Waals surface area contributed by atoms with Crippen molar-refractivity contribution in [3.05, 3.63) is 120 Å². The molecule has 162 valence electrons. The van der Waals surface area contributed by atoms with Crippen LogP contribution in [0.3, 0.4) is 0 Å². The van der Waals surface area contributed by atoms with Gasteiger partial charge in [-0.25, -0.2) is 14.5 Å². The molecule has 0 bridgehead atoms. The lowest BCUT2D eigenvalue weighted by molar-refractivity contribution is 0.433. The Hall–Kier alpha value is -4.51. The second-order valence-electron chi connectivity index (χ2n) is 8.68. The van der Waals surface area contributed by atoms with Crippen LogP contribution >= 0.6 is 0 Å². The maximum Gasteiger partial charge on any atom is 0.228 e. The predicted molar refractivity (Wildman–Crippen MR) is 132 cm³/mol. The van der Waals surface area contributed by atoms with E-state index in [4.69, 9.17) is 14.8 Å². The van der Waals surface area contributed by atoms with Crippen molar-refractivity contribution in [3.8, 4) is 23.0 Å². The summed E-state index contributed by atoms with van der Waals surface area (Å²) in [4.78, 5) is 9.66. The van der Waals surface area contributed by atoms with Crippen LogP contribution < -0.4 is 4.74 Å². The fourth-order valence-electron chi connectivity index (χ4n) is 4.99.